The van der Waals surface area contributed by atoms with Gasteiger partial charge in [-0.1, -0.05) is 117 Å². The van der Waals surface area contributed by atoms with Crippen molar-refractivity contribution in [2.24, 2.45) is 0 Å². The van der Waals surface area contributed by atoms with Crippen LogP contribution < -0.4 is 0 Å². The third-order valence-corrected chi connectivity index (χ3v) is 7.10. The lowest BCUT2D eigenvalue weighted by Gasteiger charge is -2.00. The van der Waals surface area contributed by atoms with E-state index in [1.165, 1.54) is 89.9 Å². The van der Waals surface area contributed by atoms with Gasteiger partial charge in [0.2, 0.25) is 0 Å². The molecule has 0 fully saturated rings. The molecule has 58 heavy (non-hydrogen) atoms. The highest BCUT2D eigenvalue weighted by molar-refractivity contribution is 5.66. The van der Waals surface area contributed by atoms with Crippen molar-refractivity contribution in [1.29, 1.82) is 0 Å². The molecular weight excluding hydrogens is 772 g/mol. The van der Waals surface area contributed by atoms with Crippen LogP contribution in [0.3, 0.4) is 0 Å². The van der Waals surface area contributed by atoms with E-state index in [0.29, 0.717) is 12.8 Å². The van der Waals surface area contributed by atoms with Crippen LogP contribution >= 0.6 is 0 Å². The molecule has 0 radical (unpaired) electrons. The molecule has 0 atom stereocenters. The molecule has 0 aliphatic heterocycles. The summed E-state index contributed by atoms with van der Waals surface area (Å²) in [5.74, 6) is -1.32. The molecule has 0 aliphatic rings. The predicted octanol–water partition coefficient (Wildman–Crippen LogP) is -0.357. The highest BCUT2D eigenvalue weighted by Gasteiger charge is 1.99. The summed E-state index contributed by atoms with van der Waals surface area (Å²) in [6.45, 7) is 0.810. The van der Waals surface area contributed by atoms with Gasteiger partial charge in [0.15, 0.2) is 0 Å². The summed E-state index contributed by atoms with van der Waals surface area (Å²) in [5, 5.41) is 137. The monoisotopic (exact) mass is 861 g/mol. The molecule has 17 N–H and O–H groups in total. The minimum atomic E-state index is -0.954. The predicted molar refractivity (Wildman–Crippen MR) is 220 cm³/mol. The Morgan fingerprint density at radius 1 is 0.293 bits per heavy atom. The number of carboxylic acids is 2. The van der Waals surface area contributed by atoms with Gasteiger partial charge in [-0.05, 0) is 12.8 Å². The Bertz CT molecular complexity index is 600. The number of hydrogen-bond acceptors (Lipinski definition) is 17. The van der Waals surface area contributed by atoms with Crippen molar-refractivity contribution in [3.05, 3.63) is 0 Å². The van der Waals surface area contributed by atoms with Gasteiger partial charge in [-0.2, -0.15) is 0 Å². The number of aliphatic hydroxyl groups excluding tert-OH is 15. The molecule has 19 nitrogen and oxygen atoms in total. The van der Waals surface area contributed by atoms with Gasteiger partial charge in [0.1, 0.15) is 30.5 Å². The molecule has 19 heteroatoms. The molecule has 0 aromatic carbocycles. The molecular formula is C39H88O19. The van der Waals surface area contributed by atoms with E-state index in [4.69, 9.17) is 86.8 Å². The standard InChI is InChI=1S/2C12H24O2.5C3H8O3/c2*1-2-3-4-5-6-7-8-9-10-11-12(13)14;5*4-1-3(6)2-5/h2*2-11H2,1H3,(H,13,14);5*3-6H,1-2H2. The fraction of sp³-hybridized carbons (Fsp3) is 0.949. The highest BCUT2D eigenvalue weighted by Crippen LogP contribution is 2.11. The van der Waals surface area contributed by atoms with E-state index in [-0.39, 0.29) is 66.1 Å². The van der Waals surface area contributed by atoms with E-state index in [1.807, 2.05) is 0 Å². The topological polar surface area (TPSA) is 378 Å². The molecule has 0 rings (SSSR count). The van der Waals surface area contributed by atoms with Crippen LogP contribution in [-0.4, -0.2) is 195 Å². The van der Waals surface area contributed by atoms with Crippen LogP contribution in [0.4, 0.5) is 0 Å². The average Bonchev–Trinajstić information content (AvgIpc) is 3.24. The molecule has 0 saturated carbocycles. The van der Waals surface area contributed by atoms with E-state index in [1.54, 1.807) is 0 Å². The van der Waals surface area contributed by atoms with Gasteiger partial charge in [0.25, 0.3) is 0 Å². The Morgan fingerprint density at radius 2 is 0.431 bits per heavy atom. The van der Waals surface area contributed by atoms with E-state index in [0.717, 1.165) is 25.7 Å². The van der Waals surface area contributed by atoms with Gasteiger partial charge in [0, 0.05) is 12.8 Å². The lowest BCUT2D eigenvalue weighted by atomic mass is 10.1. The number of unbranched alkanes of at least 4 members (excludes halogenated alkanes) is 16. The van der Waals surface area contributed by atoms with Crippen LogP contribution in [0.15, 0.2) is 0 Å². The lowest BCUT2D eigenvalue weighted by molar-refractivity contribution is -0.138. The van der Waals surface area contributed by atoms with Crippen LogP contribution in [0.2, 0.25) is 0 Å². The minimum absolute atomic E-state index is 0.343. The maximum atomic E-state index is 10.2. The maximum absolute atomic E-state index is 10.2. The first-order valence-corrected chi connectivity index (χ1v) is 20.5. The zero-order valence-corrected chi connectivity index (χ0v) is 35.5. The number of hydrogen-bond donors (Lipinski definition) is 17. The van der Waals surface area contributed by atoms with Gasteiger partial charge in [-0.15, -0.1) is 0 Å². The molecule has 358 valence electrons. The second-order valence-corrected chi connectivity index (χ2v) is 13.0. The number of aliphatic carboxylic acids is 2. The van der Waals surface area contributed by atoms with E-state index >= 15 is 0 Å². The second kappa shape index (κ2) is 67.1. The number of carboxylic acid groups (broad SMARTS) is 2. The summed E-state index contributed by atoms with van der Waals surface area (Å²) in [5.41, 5.74) is 0. The maximum Gasteiger partial charge on any atom is 0.303 e. The van der Waals surface area contributed by atoms with Crippen molar-refractivity contribution >= 4 is 11.9 Å². The van der Waals surface area contributed by atoms with Gasteiger partial charge in [0.05, 0.1) is 66.1 Å². The second-order valence-electron chi connectivity index (χ2n) is 13.0. The Balaban J connectivity index is -0.000000109. The summed E-state index contributed by atoms with van der Waals surface area (Å²) in [6.07, 6.45) is 18.2. The Morgan fingerprint density at radius 3 is 0.534 bits per heavy atom. The molecule has 0 spiro atoms. The van der Waals surface area contributed by atoms with Crippen molar-refractivity contribution in [3.8, 4) is 0 Å². The lowest BCUT2D eigenvalue weighted by Crippen LogP contribution is -2.15. The smallest absolute Gasteiger partial charge is 0.303 e. The van der Waals surface area contributed by atoms with E-state index < -0.39 is 42.5 Å². The van der Waals surface area contributed by atoms with Crippen LogP contribution in [0.5, 0.6) is 0 Å². The van der Waals surface area contributed by atoms with Crippen LogP contribution in [0, 0.1) is 0 Å². The van der Waals surface area contributed by atoms with E-state index in [2.05, 4.69) is 13.8 Å². The summed E-state index contributed by atoms with van der Waals surface area (Å²) < 4.78 is 0. The molecule has 0 unspecified atom stereocenters. The molecule has 0 amide bonds. The zero-order chi connectivity index (χ0) is 46.3. The van der Waals surface area contributed by atoms with Crippen molar-refractivity contribution in [3.63, 3.8) is 0 Å². The Labute approximate surface area is 346 Å². The Kier molecular flexibility index (Phi) is 82.0. The fourth-order valence-electron chi connectivity index (χ4n) is 3.46. The minimum Gasteiger partial charge on any atom is -0.481 e. The van der Waals surface area contributed by atoms with Crippen LogP contribution in [-0.2, 0) is 9.59 Å². The first kappa shape index (κ1) is 70.9. The van der Waals surface area contributed by atoms with Gasteiger partial charge >= 0.3 is 11.9 Å². The van der Waals surface area contributed by atoms with Crippen molar-refractivity contribution in [1.82, 2.24) is 0 Å². The molecule has 0 aliphatic carbocycles. The third kappa shape index (κ3) is 95.0. The third-order valence-electron chi connectivity index (χ3n) is 7.10. The zero-order valence-electron chi connectivity index (χ0n) is 35.5. The molecule has 0 bridgehead atoms. The molecule has 0 saturated heterocycles. The Hall–Kier alpha value is -1.66. The van der Waals surface area contributed by atoms with Crippen LogP contribution in [0.25, 0.3) is 0 Å². The molecule has 0 aromatic rings. The van der Waals surface area contributed by atoms with Crippen molar-refractivity contribution in [2.45, 2.75) is 173 Å². The molecule has 0 heterocycles. The first-order valence-electron chi connectivity index (χ1n) is 20.5. The summed E-state index contributed by atoms with van der Waals surface area (Å²) in [4.78, 5) is 20.4. The van der Waals surface area contributed by atoms with Gasteiger partial charge in [-0.3, -0.25) is 9.59 Å². The normalized spacial score (nSPS) is 10.2. The largest absolute Gasteiger partial charge is 0.481 e. The molecule has 0 aromatic heterocycles. The van der Waals surface area contributed by atoms with Crippen LogP contribution in [0.1, 0.15) is 142 Å². The fourth-order valence-corrected chi connectivity index (χ4v) is 3.46. The van der Waals surface area contributed by atoms with Crippen molar-refractivity contribution < 1.29 is 96.4 Å². The van der Waals surface area contributed by atoms with Crippen molar-refractivity contribution in [2.75, 3.05) is 66.1 Å². The SMILES string of the molecule is CCCCCCCCCCCC(=O)O.CCCCCCCCCCCC(=O)O.OCC(O)CO.OCC(O)CO.OCC(O)CO.OCC(O)CO.OCC(O)CO. The van der Waals surface area contributed by atoms with Gasteiger partial charge < -0.3 is 86.8 Å². The first-order chi connectivity index (χ1) is 27.6. The number of rotatable bonds is 30. The number of carbonyl (C=O) groups is 2. The highest BCUT2D eigenvalue weighted by atomic mass is 16.4. The quantitative estimate of drug-likeness (QED) is 0.0410. The number of aliphatic hydroxyl groups is 15. The summed E-state index contributed by atoms with van der Waals surface area (Å²) >= 11 is 0. The van der Waals surface area contributed by atoms with Gasteiger partial charge in [-0.25, -0.2) is 0 Å². The average molecular weight is 861 g/mol. The summed E-state index contributed by atoms with van der Waals surface area (Å²) in [7, 11) is 0. The summed E-state index contributed by atoms with van der Waals surface area (Å²) in [6, 6.07) is 0. The van der Waals surface area contributed by atoms with E-state index in [9.17, 15) is 9.59 Å².